The Morgan fingerprint density at radius 2 is 2.08 bits per heavy atom. The molecule has 1 aromatic carbocycles. The summed E-state index contributed by atoms with van der Waals surface area (Å²) in [5, 5.41) is 6.76. The number of ether oxygens (including phenoxy) is 2. The van der Waals surface area contributed by atoms with Crippen LogP contribution in [-0.2, 0) is 9.47 Å². The third-order valence-corrected chi connectivity index (χ3v) is 4.81. The Morgan fingerprint density at radius 3 is 2.76 bits per heavy atom. The fourth-order valence-corrected chi connectivity index (χ4v) is 3.30. The van der Waals surface area contributed by atoms with Gasteiger partial charge in [0.05, 0.1) is 12.1 Å². The van der Waals surface area contributed by atoms with Crippen LogP contribution in [0.3, 0.4) is 0 Å². The minimum absolute atomic E-state index is 0. The van der Waals surface area contributed by atoms with Crippen LogP contribution in [-0.4, -0.2) is 45.5 Å². The van der Waals surface area contributed by atoms with Gasteiger partial charge in [-0.25, -0.2) is 0 Å². The van der Waals surface area contributed by atoms with Crippen molar-refractivity contribution in [1.82, 2.24) is 10.6 Å². The molecule has 0 spiro atoms. The molecule has 0 bridgehead atoms. The molecular formula is C18H29BrIN3O2. The molecule has 1 aromatic rings. The summed E-state index contributed by atoms with van der Waals surface area (Å²) in [6, 6.07) is 8.40. The van der Waals surface area contributed by atoms with Gasteiger partial charge in [-0.1, -0.05) is 34.1 Å². The summed E-state index contributed by atoms with van der Waals surface area (Å²) in [4.78, 5) is 4.29. The van der Waals surface area contributed by atoms with Gasteiger partial charge in [0.1, 0.15) is 0 Å². The van der Waals surface area contributed by atoms with Gasteiger partial charge in [-0.2, -0.15) is 0 Å². The number of nitrogens with one attached hydrogen (secondary N) is 2. The fourth-order valence-electron chi connectivity index (χ4n) is 2.68. The number of aliphatic imine (C=N–C) groups is 1. The van der Waals surface area contributed by atoms with E-state index < -0.39 is 0 Å². The van der Waals surface area contributed by atoms with E-state index >= 15 is 0 Å². The lowest BCUT2D eigenvalue weighted by Gasteiger charge is -2.22. The van der Waals surface area contributed by atoms with Gasteiger partial charge in [-0.05, 0) is 37.8 Å². The SMILES string of the molecule is CN=C(NCCCOC1CCOCC1)NC(C)c1ccccc1Br.I. The molecule has 0 aliphatic carbocycles. The van der Waals surface area contributed by atoms with Crippen molar-refractivity contribution in [2.45, 2.75) is 38.3 Å². The van der Waals surface area contributed by atoms with Gasteiger partial charge in [-0.15, -0.1) is 24.0 Å². The Kier molecular flexibility index (Phi) is 11.7. The van der Waals surface area contributed by atoms with Crippen molar-refractivity contribution in [2.24, 2.45) is 4.99 Å². The predicted molar refractivity (Wildman–Crippen MR) is 117 cm³/mol. The number of nitrogens with zero attached hydrogens (tertiary/aromatic N) is 1. The summed E-state index contributed by atoms with van der Waals surface area (Å²) >= 11 is 3.59. The molecule has 7 heteroatoms. The van der Waals surface area contributed by atoms with Gasteiger partial charge >= 0.3 is 0 Å². The molecule has 2 rings (SSSR count). The second-order valence-electron chi connectivity index (χ2n) is 5.92. The van der Waals surface area contributed by atoms with E-state index in [-0.39, 0.29) is 30.0 Å². The van der Waals surface area contributed by atoms with E-state index in [2.05, 4.69) is 50.6 Å². The minimum atomic E-state index is 0. The molecule has 2 N–H and O–H groups in total. The Hall–Kier alpha value is -0.380. The zero-order valence-electron chi connectivity index (χ0n) is 15.0. The van der Waals surface area contributed by atoms with Crippen LogP contribution in [0.4, 0.5) is 0 Å². The Bertz CT molecular complexity index is 525. The maximum Gasteiger partial charge on any atom is 0.191 e. The summed E-state index contributed by atoms with van der Waals surface area (Å²) in [5.41, 5.74) is 1.21. The van der Waals surface area contributed by atoms with Crippen LogP contribution in [0.25, 0.3) is 0 Å². The molecule has 1 aliphatic heterocycles. The van der Waals surface area contributed by atoms with Crippen LogP contribution in [0, 0.1) is 0 Å². The lowest BCUT2D eigenvalue weighted by molar-refractivity contribution is -0.0320. The Morgan fingerprint density at radius 1 is 1.36 bits per heavy atom. The molecule has 5 nitrogen and oxygen atoms in total. The second kappa shape index (κ2) is 12.9. The average Bonchev–Trinajstić information content (AvgIpc) is 2.61. The van der Waals surface area contributed by atoms with E-state index in [9.17, 15) is 0 Å². The van der Waals surface area contributed by atoms with E-state index in [1.54, 1.807) is 7.05 Å². The highest BCUT2D eigenvalue weighted by molar-refractivity contribution is 14.0. The van der Waals surface area contributed by atoms with Gasteiger partial charge in [0.15, 0.2) is 5.96 Å². The third-order valence-electron chi connectivity index (χ3n) is 4.08. The predicted octanol–water partition coefficient (Wildman–Crippen LogP) is 3.88. The lowest BCUT2D eigenvalue weighted by atomic mass is 10.1. The summed E-state index contributed by atoms with van der Waals surface area (Å²) < 4.78 is 12.3. The molecule has 1 atom stereocenters. The van der Waals surface area contributed by atoms with Crippen molar-refractivity contribution in [3.8, 4) is 0 Å². The molecule has 142 valence electrons. The number of rotatable bonds is 7. The first-order valence-corrected chi connectivity index (χ1v) is 9.41. The summed E-state index contributed by atoms with van der Waals surface area (Å²) in [6.07, 6.45) is 3.36. The lowest BCUT2D eigenvalue weighted by Crippen LogP contribution is -2.39. The summed E-state index contributed by atoms with van der Waals surface area (Å²) in [6.45, 7) is 5.39. The first kappa shape index (κ1) is 22.7. The van der Waals surface area contributed by atoms with Crippen molar-refractivity contribution in [3.05, 3.63) is 34.3 Å². The molecule has 1 fully saturated rings. The van der Waals surface area contributed by atoms with Crippen LogP contribution in [0.2, 0.25) is 0 Å². The van der Waals surface area contributed by atoms with Gasteiger partial charge in [0.25, 0.3) is 0 Å². The molecule has 1 unspecified atom stereocenters. The average molecular weight is 526 g/mol. The first-order chi connectivity index (χ1) is 11.7. The number of benzene rings is 1. The van der Waals surface area contributed by atoms with Gasteiger partial charge in [0.2, 0.25) is 0 Å². The quantitative estimate of drug-likeness (QED) is 0.245. The highest BCUT2D eigenvalue weighted by Gasteiger charge is 2.13. The first-order valence-electron chi connectivity index (χ1n) is 8.61. The monoisotopic (exact) mass is 525 g/mol. The number of hydrogen-bond donors (Lipinski definition) is 2. The van der Waals surface area contributed by atoms with Crippen LogP contribution >= 0.6 is 39.9 Å². The Labute approximate surface area is 176 Å². The van der Waals surface area contributed by atoms with Crippen molar-refractivity contribution in [1.29, 1.82) is 0 Å². The molecule has 1 aliphatic rings. The van der Waals surface area contributed by atoms with Gasteiger partial charge < -0.3 is 20.1 Å². The zero-order valence-corrected chi connectivity index (χ0v) is 18.9. The van der Waals surface area contributed by atoms with E-state index in [0.29, 0.717) is 6.10 Å². The van der Waals surface area contributed by atoms with Crippen LogP contribution in [0.5, 0.6) is 0 Å². The van der Waals surface area contributed by atoms with E-state index in [4.69, 9.17) is 9.47 Å². The van der Waals surface area contributed by atoms with Crippen molar-refractivity contribution in [2.75, 3.05) is 33.4 Å². The van der Waals surface area contributed by atoms with E-state index in [1.165, 1.54) is 5.56 Å². The van der Waals surface area contributed by atoms with E-state index in [1.807, 2.05) is 12.1 Å². The second-order valence-corrected chi connectivity index (χ2v) is 6.78. The highest BCUT2D eigenvalue weighted by Crippen LogP contribution is 2.22. The zero-order chi connectivity index (χ0) is 17.2. The van der Waals surface area contributed by atoms with Crippen molar-refractivity contribution < 1.29 is 9.47 Å². The van der Waals surface area contributed by atoms with E-state index in [0.717, 1.165) is 56.1 Å². The number of hydrogen-bond acceptors (Lipinski definition) is 3. The van der Waals surface area contributed by atoms with Gasteiger partial charge in [-0.3, -0.25) is 4.99 Å². The summed E-state index contributed by atoms with van der Waals surface area (Å²) in [7, 11) is 1.79. The smallest absolute Gasteiger partial charge is 0.191 e. The third kappa shape index (κ3) is 8.23. The fraction of sp³-hybridized carbons (Fsp3) is 0.611. The highest BCUT2D eigenvalue weighted by atomic mass is 127. The molecule has 0 aromatic heterocycles. The van der Waals surface area contributed by atoms with Crippen LogP contribution in [0.1, 0.15) is 37.8 Å². The van der Waals surface area contributed by atoms with Crippen molar-refractivity contribution in [3.63, 3.8) is 0 Å². The molecule has 0 saturated carbocycles. The molecule has 0 amide bonds. The molecule has 1 saturated heterocycles. The van der Waals surface area contributed by atoms with Crippen LogP contribution in [0.15, 0.2) is 33.7 Å². The molecule has 1 heterocycles. The normalized spacial score (nSPS) is 16.8. The minimum Gasteiger partial charge on any atom is -0.381 e. The maximum absolute atomic E-state index is 5.88. The molecular weight excluding hydrogens is 497 g/mol. The number of halogens is 2. The molecule has 0 radical (unpaired) electrons. The van der Waals surface area contributed by atoms with Crippen LogP contribution < -0.4 is 10.6 Å². The largest absolute Gasteiger partial charge is 0.381 e. The Balaban J connectivity index is 0.00000312. The van der Waals surface area contributed by atoms with Crippen molar-refractivity contribution >= 4 is 45.9 Å². The molecule has 25 heavy (non-hydrogen) atoms. The standard InChI is InChI=1S/C18H28BrN3O2.HI/c1-14(16-6-3-4-7-17(16)19)22-18(20-2)21-10-5-11-24-15-8-12-23-13-9-15;/h3-4,6-7,14-15H,5,8-13H2,1-2H3,(H2,20,21,22);1H. The summed E-state index contributed by atoms with van der Waals surface area (Å²) in [5.74, 6) is 0.810. The number of guanidine groups is 1. The van der Waals surface area contributed by atoms with Gasteiger partial charge in [0, 0.05) is 37.9 Å². The topological polar surface area (TPSA) is 54.9 Å². The maximum atomic E-state index is 5.88.